The van der Waals surface area contributed by atoms with Crippen molar-refractivity contribution in [1.29, 1.82) is 0 Å². The second kappa shape index (κ2) is 4.43. The van der Waals surface area contributed by atoms with E-state index in [-0.39, 0.29) is 5.54 Å². The summed E-state index contributed by atoms with van der Waals surface area (Å²) in [5, 5.41) is 5.18. The summed E-state index contributed by atoms with van der Waals surface area (Å²) >= 11 is 1.40. The lowest BCUT2D eigenvalue weighted by Crippen LogP contribution is -2.33. The van der Waals surface area contributed by atoms with Gasteiger partial charge in [0.05, 0.1) is 11.2 Å². The van der Waals surface area contributed by atoms with E-state index in [2.05, 4.69) is 10.3 Å². The highest BCUT2D eigenvalue weighted by Crippen LogP contribution is 2.28. The van der Waals surface area contributed by atoms with E-state index in [0.717, 1.165) is 5.69 Å². The SMILES string of the molecule is CNC(C)(C)c1csc(C(C)S(C)(=O)=O)n1. The highest BCUT2D eigenvalue weighted by Gasteiger charge is 2.25. The molecule has 6 heteroatoms. The number of hydrogen-bond acceptors (Lipinski definition) is 5. The average Bonchev–Trinajstić information content (AvgIpc) is 2.64. The van der Waals surface area contributed by atoms with Gasteiger partial charge in [-0.2, -0.15) is 0 Å². The van der Waals surface area contributed by atoms with Gasteiger partial charge in [0, 0.05) is 11.6 Å². The Morgan fingerprint density at radius 2 is 2.06 bits per heavy atom. The minimum absolute atomic E-state index is 0.230. The third-order valence-corrected chi connectivity index (χ3v) is 5.46. The van der Waals surface area contributed by atoms with Crippen LogP contribution >= 0.6 is 11.3 Å². The number of hydrogen-bond donors (Lipinski definition) is 1. The van der Waals surface area contributed by atoms with Crippen molar-refractivity contribution >= 4 is 21.2 Å². The molecule has 0 aliphatic rings. The van der Waals surface area contributed by atoms with Crippen molar-refractivity contribution in [1.82, 2.24) is 10.3 Å². The van der Waals surface area contributed by atoms with Crippen LogP contribution in [0.1, 0.15) is 36.7 Å². The first-order valence-corrected chi connectivity index (χ1v) is 7.85. The van der Waals surface area contributed by atoms with Gasteiger partial charge in [-0.05, 0) is 27.8 Å². The van der Waals surface area contributed by atoms with Crippen LogP contribution in [0.2, 0.25) is 0 Å². The molecule has 1 unspecified atom stereocenters. The fourth-order valence-electron chi connectivity index (χ4n) is 1.07. The number of nitrogens with zero attached hydrogens (tertiary/aromatic N) is 1. The summed E-state index contributed by atoms with van der Waals surface area (Å²) in [6.45, 7) is 5.69. The van der Waals surface area contributed by atoms with Crippen molar-refractivity contribution < 1.29 is 8.42 Å². The summed E-state index contributed by atoms with van der Waals surface area (Å²) in [7, 11) is -1.21. The Kier molecular flexibility index (Phi) is 3.76. The van der Waals surface area contributed by atoms with E-state index >= 15 is 0 Å². The maximum absolute atomic E-state index is 11.4. The lowest BCUT2D eigenvalue weighted by atomic mass is 10.0. The van der Waals surface area contributed by atoms with E-state index in [1.165, 1.54) is 17.6 Å². The maximum Gasteiger partial charge on any atom is 0.156 e. The van der Waals surface area contributed by atoms with Gasteiger partial charge in [0.25, 0.3) is 0 Å². The van der Waals surface area contributed by atoms with Crippen LogP contribution in [-0.4, -0.2) is 26.7 Å². The first-order valence-electron chi connectivity index (χ1n) is 5.02. The topological polar surface area (TPSA) is 59.1 Å². The summed E-state index contributed by atoms with van der Waals surface area (Å²) in [4.78, 5) is 4.40. The van der Waals surface area contributed by atoms with Crippen molar-refractivity contribution in [3.63, 3.8) is 0 Å². The second-order valence-corrected chi connectivity index (χ2v) is 7.67. The molecular weight excluding hydrogens is 244 g/mol. The van der Waals surface area contributed by atoms with E-state index in [1.807, 2.05) is 26.3 Å². The van der Waals surface area contributed by atoms with Gasteiger partial charge in [-0.3, -0.25) is 0 Å². The fraction of sp³-hybridized carbons (Fsp3) is 0.700. The summed E-state index contributed by atoms with van der Waals surface area (Å²) < 4.78 is 22.8. The molecule has 1 aromatic rings. The lowest BCUT2D eigenvalue weighted by Gasteiger charge is -2.21. The molecule has 0 radical (unpaired) electrons. The molecule has 0 aliphatic heterocycles. The van der Waals surface area contributed by atoms with Crippen LogP contribution in [0.25, 0.3) is 0 Å². The summed E-state index contributed by atoms with van der Waals surface area (Å²) in [6, 6.07) is 0. The first kappa shape index (κ1) is 13.6. The third kappa shape index (κ3) is 2.81. The molecule has 0 bridgehead atoms. The Morgan fingerprint density at radius 1 is 1.50 bits per heavy atom. The van der Waals surface area contributed by atoms with Gasteiger partial charge in [0.1, 0.15) is 10.3 Å². The standard InChI is InChI=1S/C10H18N2O2S2/c1-7(16(5,13)14)9-12-8(6-15-9)10(2,3)11-4/h6-7,11H,1-5H3. The number of aromatic nitrogens is 1. The molecule has 0 saturated carbocycles. The fourth-order valence-corrected chi connectivity index (χ4v) is 3.11. The van der Waals surface area contributed by atoms with Gasteiger partial charge < -0.3 is 5.32 Å². The zero-order valence-electron chi connectivity index (χ0n) is 10.2. The number of nitrogens with one attached hydrogen (secondary N) is 1. The molecule has 0 saturated heterocycles. The molecule has 1 atom stereocenters. The van der Waals surface area contributed by atoms with Crippen LogP contribution < -0.4 is 5.32 Å². The molecule has 1 rings (SSSR count). The Bertz CT molecular complexity index is 463. The number of rotatable bonds is 4. The summed E-state index contributed by atoms with van der Waals surface area (Å²) in [6.07, 6.45) is 1.24. The van der Waals surface area contributed by atoms with Crippen LogP contribution in [0.5, 0.6) is 0 Å². The van der Waals surface area contributed by atoms with Gasteiger partial charge in [-0.1, -0.05) is 0 Å². The molecule has 1 N–H and O–H groups in total. The number of sulfone groups is 1. The van der Waals surface area contributed by atoms with Crippen LogP contribution in [0.15, 0.2) is 5.38 Å². The Balaban J connectivity index is 3.05. The molecule has 0 amide bonds. The maximum atomic E-state index is 11.4. The van der Waals surface area contributed by atoms with Crippen molar-refractivity contribution in [3.05, 3.63) is 16.1 Å². The minimum Gasteiger partial charge on any atom is -0.310 e. The zero-order chi connectivity index (χ0) is 12.6. The molecule has 0 aliphatic carbocycles. The second-order valence-electron chi connectivity index (χ2n) is 4.42. The molecule has 4 nitrogen and oxygen atoms in total. The minimum atomic E-state index is -3.07. The highest BCUT2D eigenvalue weighted by atomic mass is 32.2. The molecular formula is C10H18N2O2S2. The van der Waals surface area contributed by atoms with E-state index in [1.54, 1.807) is 6.92 Å². The lowest BCUT2D eigenvalue weighted by molar-refractivity contribution is 0.432. The molecule has 92 valence electrons. The summed E-state index contributed by atoms with van der Waals surface area (Å²) in [5.41, 5.74) is 0.650. The van der Waals surface area contributed by atoms with Gasteiger partial charge in [0.2, 0.25) is 0 Å². The molecule has 16 heavy (non-hydrogen) atoms. The Hall–Kier alpha value is -0.460. The first-order chi connectivity index (χ1) is 7.18. The van der Waals surface area contributed by atoms with E-state index < -0.39 is 15.1 Å². The van der Waals surface area contributed by atoms with Crippen molar-refractivity contribution in [3.8, 4) is 0 Å². The quantitative estimate of drug-likeness (QED) is 0.897. The van der Waals surface area contributed by atoms with Crippen LogP contribution in [0, 0.1) is 0 Å². The Morgan fingerprint density at radius 3 is 2.50 bits per heavy atom. The molecule has 1 aromatic heterocycles. The van der Waals surface area contributed by atoms with Crippen LogP contribution in [0.4, 0.5) is 0 Å². The van der Waals surface area contributed by atoms with E-state index in [9.17, 15) is 8.42 Å². The predicted molar refractivity (Wildman–Crippen MR) is 67.5 cm³/mol. The van der Waals surface area contributed by atoms with Crippen molar-refractivity contribution in [2.45, 2.75) is 31.6 Å². The largest absolute Gasteiger partial charge is 0.310 e. The van der Waals surface area contributed by atoms with Crippen molar-refractivity contribution in [2.75, 3.05) is 13.3 Å². The van der Waals surface area contributed by atoms with Crippen LogP contribution in [0.3, 0.4) is 0 Å². The predicted octanol–water partition coefficient (Wildman–Crippen LogP) is 1.70. The van der Waals surface area contributed by atoms with Gasteiger partial charge in [-0.25, -0.2) is 13.4 Å². The van der Waals surface area contributed by atoms with Crippen molar-refractivity contribution in [2.24, 2.45) is 0 Å². The third-order valence-electron chi connectivity index (χ3n) is 2.78. The molecule has 0 fully saturated rings. The van der Waals surface area contributed by atoms with E-state index in [0.29, 0.717) is 5.01 Å². The van der Waals surface area contributed by atoms with Gasteiger partial charge in [0.15, 0.2) is 9.84 Å². The monoisotopic (exact) mass is 262 g/mol. The molecule has 0 aromatic carbocycles. The highest BCUT2D eigenvalue weighted by molar-refractivity contribution is 7.91. The number of thiazole rings is 1. The Labute approximate surface area is 101 Å². The van der Waals surface area contributed by atoms with E-state index in [4.69, 9.17) is 0 Å². The summed E-state index contributed by atoms with van der Waals surface area (Å²) in [5.74, 6) is 0. The molecule has 0 spiro atoms. The van der Waals surface area contributed by atoms with Gasteiger partial charge in [-0.15, -0.1) is 11.3 Å². The normalized spacial score (nSPS) is 15.1. The zero-order valence-corrected chi connectivity index (χ0v) is 11.9. The molecule has 1 heterocycles. The van der Waals surface area contributed by atoms with Gasteiger partial charge >= 0.3 is 0 Å². The van der Waals surface area contributed by atoms with Crippen LogP contribution in [-0.2, 0) is 15.4 Å². The smallest absolute Gasteiger partial charge is 0.156 e. The average molecular weight is 262 g/mol.